The number of hydrogen-bond acceptors (Lipinski definition) is 5. The first-order valence-corrected chi connectivity index (χ1v) is 8.33. The zero-order valence-electron chi connectivity index (χ0n) is 13.5. The Balaban J connectivity index is 1.82. The average Bonchev–Trinajstić information content (AvgIpc) is 2.64. The summed E-state index contributed by atoms with van der Waals surface area (Å²) in [6.45, 7) is 2.03. The zero-order valence-corrected chi connectivity index (χ0v) is 14.3. The molecule has 3 aromatic rings. The van der Waals surface area contributed by atoms with Crippen LogP contribution in [-0.4, -0.2) is 0 Å². The Morgan fingerprint density at radius 3 is 2.28 bits per heavy atom. The van der Waals surface area contributed by atoms with Gasteiger partial charge in [-0.25, -0.2) is 4.39 Å². The molecule has 25 heavy (non-hydrogen) atoms. The summed E-state index contributed by atoms with van der Waals surface area (Å²) in [7, 11) is 0. The van der Waals surface area contributed by atoms with Crippen LogP contribution in [0.15, 0.2) is 71.6 Å². The number of halogens is 1. The molecule has 0 bridgehead atoms. The first kappa shape index (κ1) is 17.4. The van der Waals surface area contributed by atoms with E-state index in [9.17, 15) is 4.39 Å². The summed E-state index contributed by atoms with van der Waals surface area (Å²) < 4.78 is 17.7. The Morgan fingerprint density at radius 2 is 1.60 bits per heavy atom. The Kier molecular flexibility index (Phi) is 5.67. The largest absolute Gasteiger partial charge is 0.355 e. The minimum atomic E-state index is -0.252. The topological polar surface area (TPSA) is 56.5 Å². The maximum Gasteiger partial charge on any atom is 0.123 e. The Labute approximate surface area is 149 Å². The molecule has 0 saturated carbocycles. The van der Waals surface area contributed by atoms with Crippen molar-refractivity contribution < 1.29 is 13.7 Å². The van der Waals surface area contributed by atoms with Crippen molar-refractivity contribution in [3.8, 4) is 11.1 Å². The number of nitrogens with one attached hydrogen (secondary N) is 1. The second-order valence-electron chi connectivity index (χ2n) is 5.43. The third-order valence-corrected chi connectivity index (χ3v) is 4.33. The lowest BCUT2D eigenvalue weighted by molar-refractivity contribution is -0.195. The summed E-state index contributed by atoms with van der Waals surface area (Å²) in [6, 6.07) is 20.3. The number of nitrogens with two attached hydrogens (primary N) is 1. The van der Waals surface area contributed by atoms with Crippen molar-refractivity contribution in [3.63, 3.8) is 0 Å². The maximum absolute atomic E-state index is 13.0. The van der Waals surface area contributed by atoms with Gasteiger partial charge in [0.1, 0.15) is 5.82 Å². The van der Waals surface area contributed by atoms with Gasteiger partial charge in [-0.2, -0.15) is 5.90 Å². The average molecular weight is 356 g/mol. The molecule has 0 heterocycles. The second kappa shape index (κ2) is 8.13. The molecule has 0 atom stereocenters. The van der Waals surface area contributed by atoms with E-state index in [1.54, 1.807) is 12.1 Å². The van der Waals surface area contributed by atoms with E-state index >= 15 is 0 Å². The third-order valence-electron chi connectivity index (χ3n) is 3.72. The van der Waals surface area contributed by atoms with Gasteiger partial charge in [-0.05, 0) is 66.1 Å². The molecule has 6 heteroatoms. The molecule has 3 rings (SSSR count). The highest BCUT2D eigenvalue weighted by molar-refractivity contribution is 7.94. The predicted molar refractivity (Wildman–Crippen MR) is 98.5 cm³/mol. The zero-order chi connectivity index (χ0) is 17.6. The molecular formula is C19H17FN2O2S. The van der Waals surface area contributed by atoms with Gasteiger partial charge in [0.2, 0.25) is 0 Å². The van der Waals surface area contributed by atoms with Crippen LogP contribution in [0.4, 0.5) is 15.8 Å². The summed E-state index contributed by atoms with van der Waals surface area (Å²) in [6.07, 6.45) is 0. The second-order valence-corrected chi connectivity index (χ2v) is 6.21. The number of aryl methyl sites for hydroxylation is 1. The van der Waals surface area contributed by atoms with E-state index in [0.29, 0.717) is 0 Å². The predicted octanol–water partition coefficient (Wildman–Crippen LogP) is 5.37. The van der Waals surface area contributed by atoms with Gasteiger partial charge < -0.3 is 5.32 Å². The Morgan fingerprint density at radius 1 is 0.920 bits per heavy atom. The van der Waals surface area contributed by atoms with Gasteiger partial charge in [0.15, 0.2) is 0 Å². The highest BCUT2D eigenvalue weighted by Gasteiger charge is 2.05. The lowest BCUT2D eigenvalue weighted by Crippen LogP contribution is -1.94. The monoisotopic (exact) mass is 356 g/mol. The fourth-order valence-corrected chi connectivity index (χ4v) is 2.75. The van der Waals surface area contributed by atoms with Crippen LogP contribution in [0.2, 0.25) is 0 Å². The van der Waals surface area contributed by atoms with Gasteiger partial charge in [0.05, 0.1) is 12.0 Å². The smallest absolute Gasteiger partial charge is 0.123 e. The van der Waals surface area contributed by atoms with E-state index in [4.69, 9.17) is 5.90 Å². The van der Waals surface area contributed by atoms with Crippen molar-refractivity contribution in [3.05, 3.63) is 78.1 Å². The van der Waals surface area contributed by atoms with Crippen molar-refractivity contribution in [2.75, 3.05) is 5.32 Å². The van der Waals surface area contributed by atoms with Crippen LogP contribution in [0.1, 0.15) is 5.56 Å². The van der Waals surface area contributed by atoms with Crippen LogP contribution in [0.5, 0.6) is 0 Å². The summed E-state index contributed by atoms with van der Waals surface area (Å²) >= 11 is 1.04. The number of hydrogen-bond donors (Lipinski definition) is 2. The van der Waals surface area contributed by atoms with Crippen LogP contribution < -0.4 is 11.2 Å². The molecule has 0 unspecified atom stereocenters. The van der Waals surface area contributed by atoms with Crippen molar-refractivity contribution in [1.29, 1.82) is 0 Å². The van der Waals surface area contributed by atoms with E-state index in [1.807, 2.05) is 31.2 Å². The van der Waals surface area contributed by atoms with Crippen LogP contribution >= 0.6 is 12.0 Å². The summed E-state index contributed by atoms with van der Waals surface area (Å²) in [5.74, 6) is 4.58. The Bertz CT molecular complexity index is 839. The molecule has 0 radical (unpaired) electrons. The number of benzene rings is 3. The molecule has 0 aliphatic carbocycles. The summed E-state index contributed by atoms with van der Waals surface area (Å²) in [5.41, 5.74) is 5.06. The molecule has 0 amide bonds. The van der Waals surface area contributed by atoms with Crippen LogP contribution in [0.3, 0.4) is 0 Å². The lowest BCUT2D eigenvalue weighted by Gasteiger charge is -2.12. The molecule has 0 fully saturated rings. The fraction of sp³-hybridized carbons (Fsp3) is 0.0526. The maximum atomic E-state index is 13.0. The van der Waals surface area contributed by atoms with Gasteiger partial charge in [0, 0.05) is 16.3 Å². The molecule has 0 spiro atoms. The highest BCUT2D eigenvalue weighted by Crippen LogP contribution is 2.29. The minimum absolute atomic E-state index is 0.252. The van der Waals surface area contributed by atoms with Gasteiger partial charge in [-0.3, -0.25) is 0 Å². The molecular weight excluding hydrogens is 339 g/mol. The molecule has 3 aromatic carbocycles. The standard InChI is InChI=1S/C19H17FN2O2S/c1-13-2-3-15(14-4-10-18(11-5-14)25-24-23-21)12-19(13)22-17-8-6-16(20)7-9-17/h2-12,22H,21H2,1H3. The van der Waals surface area contributed by atoms with E-state index in [-0.39, 0.29) is 5.82 Å². The van der Waals surface area contributed by atoms with Crippen LogP contribution in [0, 0.1) is 12.7 Å². The van der Waals surface area contributed by atoms with Crippen molar-refractivity contribution >= 4 is 23.4 Å². The van der Waals surface area contributed by atoms with E-state index in [2.05, 4.69) is 32.8 Å². The van der Waals surface area contributed by atoms with Gasteiger partial charge in [0.25, 0.3) is 0 Å². The van der Waals surface area contributed by atoms with Crippen molar-refractivity contribution in [2.24, 2.45) is 5.90 Å². The number of rotatable bonds is 6. The molecule has 3 N–H and O–H groups in total. The third kappa shape index (κ3) is 4.58. The van der Waals surface area contributed by atoms with Gasteiger partial charge in [-0.1, -0.05) is 24.3 Å². The Hall–Kier alpha value is -2.38. The lowest BCUT2D eigenvalue weighted by atomic mass is 10.0. The van der Waals surface area contributed by atoms with Crippen LogP contribution in [-0.2, 0) is 9.32 Å². The molecule has 4 nitrogen and oxygen atoms in total. The fourth-order valence-electron chi connectivity index (χ4n) is 2.39. The molecule has 0 saturated heterocycles. The van der Waals surface area contributed by atoms with E-state index in [1.165, 1.54) is 12.1 Å². The molecule has 0 aromatic heterocycles. The van der Waals surface area contributed by atoms with Gasteiger partial charge >= 0.3 is 0 Å². The molecule has 0 aliphatic rings. The normalized spacial score (nSPS) is 10.7. The van der Waals surface area contributed by atoms with Crippen LogP contribution in [0.25, 0.3) is 11.1 Å². The highest BCUT2D eigenvalue weighted by atomic mass is 32.2. The van der Waals surface area contributed by atoms with Gasteiger partial charge in [-0.15, -0.1) is 9.32 Å². The number of anilines is 2. The summed E-state index contributed by atoms with van der Waals surface area (Å²) in [5, 5.41) is 3.33. The first-order chi connectivity index (χ1) is 12.2. The quantitative estimate of drug-likeness (QED) is 0.353. The molecule has 0 aliphatic heterocycles. The van der Waals surface area contributed by atoms with Crippen molar-refractivity contribution in [1.82, 2.24) is 0 Å². The van der Waals surface area contributed by atoms with E-state index < -0.39 is 0 Å². The van der Waals surface area contributed by atoms with E-state index in [0.717, 1.165) is 45.0 Å². The summed E-state index contributed by atoms with van der Waals surface area (Å²) in [4.78, 5) is 4.97. The first-order valence-electron chi connectivity index (χ1n) is 7.59. The molecule has 128 valence electrons. The SMILES string of the molecule is Cc1ccc(-c2ccc(SOON)cc2)cc1Nc1ccc(F)cc1. The van der Waals surface area contributed by atoms with Crippen molar-refractivity contribution in [2.45, 2.75) is 11.8 Å². The minimum Gasteiger partial charge on any atom is -0.355 e.